The third kappa shape index (κ3) is 4.91. The van der Waals surface area contributed by atoms with Crippen molar-refractivity contribution in [1.29, 1.82) is 0 Å². The molecule has 0 unspecified atom stereocenters. The Bertz CT molecular complexity index is 404. The maximum absolute atomic E-state index is 5.46. The average Bonchev–Trinajstić information content (AvgIpc) is 2.76. The van der Waals surface area contributed by atoms with Crippen LogP contribution in [0.25, 0.3) is 0 Å². The van der Waals surface area contributed by atoms with Crippen LogP contribution in [0.3, 0.4) is 0 Å². The second-order valence-corrected chi connectivity index (χ2v) is 7.01. The molecule has 1 saturated carbocycles. The van der Waals surface area contributed by atoms with Crippen LogP contribution < -0.4 is 5.32 Å². The molecule has 2 rings (SSSR count). The summed E-state index contributed by atoms with van der Waals surface area (Å²) >= 11 is 0. The summed E-state index contributed by atoms with van der Waals surface area (Å²) in [5, 5.41) is 7.59. The predicted molar refractivity (Wildman–Crippen MR) is 81.4 cm³/mol. The van der Waals surface area contributed by atoms with E-state index in [0.717, 1.165) is 37.0 Å². The van der Waals surface area contributed by atoms with Gasteiger partial charge in [0.1, 0.15) is 0 Å². The standard InChI is InChI=1S/C16H29N3O/c1-5-19(11-13-7-6-8-13)12-15-9-14(18-20-15)10-17-16(2,3)4/h9,13,17H,5-8,10-12H2,1-4H3. The number of nitrogens with zero attached hydrogens (tertiary/aromatic N) is 2. The van der Waals surface area contributed by atoms with Crippen LogP contribution in [-0.2, 0) is 13.1 Å². The summed E-state index contributed by atoms with van der Waals surface area (Å²) in [5.74, 6) is 1.89. The van der Waals surface area contributed by atoms with Gasteiger partial charge in [-0.25, -0.2) is 0 Å². The van der Waals surface area contributed by atoms with Gasteiger partial charge < -0.3 is 9.84 Å². The van der Waals surface area contributed by atoms with Crippen LogP contribution in [0.2, 0.25) is 0 Å². The van der Waals surface area contributed by atoms with Gasteiger partial charge in [-0.2, -0.15) is 0 Å². The van der Waals surface area contributed by atoms with Gasteiger partial charge in [0.25, 0.3) is 0 Å². The van der Waals surface area contributed by atoms with Gasteiger partial charge in [-0.3, -0.25) is 4.90 Å². The number of hydrogen-bond donors (Lipinski definition) is 1. The van der Waals surface area contributed by atoms with E-state index in [0.29, 0.717) is 0 Å². The van der Waals surface area contributed by atoms with Crippen LogP contribution in [0.5, 0.6) is 0 Å². The number of nitrogens with one attached hydrogen (secondary N) is 1. The Hall–Kier alpha value is -0.870. The topological polar surface area (TPSA) is 41.3 Å². The zero-order chi connectivity index (χ0) is 14.6. The number of aromatic nitrogens is 1. The SMILES string of the molecule is CCN(Cc1cc(CNC(C)(C)C)no1)CC1CCC1. The van der Waals surface area contributed by atoms with Crippen molar-refractivity contribution in [2.45, 2.75) is 65.6 Å². The minimum atomic E-state index is 0.110. The Morgan fingerprint density at radius 3 is 2.70 bits per heavy atom. The highest BCUT2D eigenvalue weighted by atomic mass is 16.5. The minimum Gasteiger partial charge on any atom is -0.360 e. The van der Waals surface area contributed by atoms with Gasteiger partial charge in [-0.15, -0.1) is 0 Å². The van der Waals surface area contributed by atoms with Gasteiger partial charge in [0.2, 0.25) is 0 Å². The van der Waals surface area contributed by atoms with Crippen molar-refractivity contribution in [3.63, 3.8) is 0 Å². The van der Waals surface area contributed by atoms with Crippen molar-refractivity contribution >= 4 is 0 Å². The van der Waals surface area contributed by atoms with Crippen LogP contribution in [0.4, 0.5) is 0 Å². The minimum absolute atomic E-state index is 0.110. The molecule has 20 heavy (non-hydrogen) atoms. The molecule has 1 aliphatic rings. The summed E-state index contributed by atoms with van der Waals surface area (Å²) in [5.41, 5.74) is 1.10. The highest BCUT2D eigenvalue weighted by Gasteiger charge is 2.21. The second-order valence-electron chi connectivity index (χ2n) is 7.01. The molecule has 1 N–H and O–H groups in total. The normalized spacial score (nSPS) is 16.6. The molecule has 1 fully saturated rings. The summed E-state index contributed by atoms with van der Waals surface area (Å²) in [6.45, 7) is 12.6. The summed E-state index contributed by atoms with van der Waals surface area (Å²) in [4.78, 5) is 2.46. The molecule has 1 aliphatic carbocycles. The predicted octanol–water partition coefficient (Wildman–Crippen LogP) is 3.18. The Labute approximate surface area is 122 Å². The fourth-order valence-corrected chi connectivity index (χ4v) is 2.44. The number of rotatable bonds is 7. The third-order valence-corrected chi connectivity index (χ3v) is 3.98. The first-order valence-electron chi connectivity index (χ1n) is 7.88. The summed E-state index contributed by atoms with van der Waals surface area (Å²) in [6, 6.07) is 2.09. The molecule has 0 bridgehead atoms. The smallest absolute Gasteiger partial charge is 0.151 e. The Balaban J connectivity index is 1.81. The van der Waals surface area contributed by atoms with Crippen molar-refractivity contribution in [3.05, 3.63) is 17.5 Å². The first-order chi connectivity index (χ1) is 9.46. The molecular formula is C16H29N3O. The molecule has 0 atom stereocenters. The molecule has 0 spiro atoms. The molecule has 1 heterocycles. The van der Waals surface area contributed by atoms with Gasteiger partial charge in [0.05, 0.1) is 12.2 Å². The van der Waals surface area contributed by atoms with Gasteiger partial charge in [-0.05, 0) is 46.1 Å². The summed E-state index contributed by atoms with van der Waals surface area (Å²) in [7, 11) is 0. The number of hydrogen-bond acceptors (Lipinski definition) is 4. The lowest BCUT2D eigenvalue weighted by Crippen LogP contribution is -2.35. The molecule has 1 aromatic heterocycles. The van der Waals surface area contributed by atoms with E-state index in [1.165, 1.54) is 25.8 Å². The molecule has 0 amide bonds. The molecular weight excluding hydrogens is 250 g/mol. The van der Waals surface area contributed by atoms with Crippen LogP contribution in [0, 0.1) is 5.92 Å². The monoisotopic (exact) mass is 279 g/mol. The van der Waals surface area contributed by atoms with Gasteiger partial charge in [0.15, 0.2) is 5.76 Å². The lowest BCUT2D eigenvalue weighted by molar-refractivity contribution is 0.164. The largest absolute Gasteiger partial charge is 0.360 e. The van der Waals surface area contributed by atoms with Crippen LogP contribution in [0.1, 0.15) is 58.4 Å². The zero-order valence-electron chi connectivity index (χ0n) is 13.4. The van der Waals surface area contributed by atoms with Crippen molar-refractivity contribution in [3.8, 4) is 0 Å². The zero-order valence-corrected chi connectivity index (χ0v) is 13.4. The molecule has 0 aliphatic heterocycles. The van der Waals surface area contributed by atoms with Crippen molar-refractivity contribution in [2.75, 3.05) is 13.1 Å². The third-order valence-electron chi connectivity index (χ3n) is 3.98. The maximum Gasteiger partial charge on any atom is 0.151 e. The Morgan fingerprint density at radius 1 is 1.40 bits per heavy atom. The van der Waals surface area contributed by atoms with Crippen molar-refractivity contribution in [2.24, 2.45) is 5.92 Å². The molecule has 114 valence electrons. The lowest BCUT2D eigenvalue weighted by Gasteiger charge is -2.31. The van der Waals surface area contributed by atoms with E-state index in [1.54, 1.807) is 0 Å². The van der Waals surface area contributed by atoms with Gasteiger partial charge in [0, 0.05) is 24.7 Å². The molecule has 1 aromatic rings. The second kappa shape index (κ2) is 6.72. The van der Waals surface area contributed by atoms with E-state index >= 15 is 0 Å². The Morgan fingerprint density at radius 2 is 2.15 bits per heavy atom. The van der Waals surface area contributed by atoms with Crippen molar-refractivity contribution in [1.82, 2.24) is 15.4 Å². The maximum atomic E-state index is 5.46. The van der Waals surface area contributed by atoms with E-state index in [4.69, 9.17) is 4.52 Å². The summed E-state index contributed by atoms with van der Waals surface area (Å²) < 4.78 is 5.46. The van der Waals surface area contributed by atoms with Gasteiger partial charge in [-0.1, -0.05) is 18.5 Å². The van der Waals surface area contributed by atoms with E-state index in [-0.39, 0.29) is 5.54 Å². The van der Waals surface area contributed by atoms with E-state index in [1.807, 2.05) is 0 Å². The van der Waals surface area contributed by atoms with Crippen LogP contribution in [0.15, 0.2) is 10.6 Å². The van der Waals surface area contributed by atoms with E-state index in [9.17, 15) is 0 Å². The van der Waals surface area contributed by atoms with E-state index < -0.39 is 0 Å². The molecule has 4 nitrogen and oxygen atoms in total. The average molecular weight is 279 g/mol. The molecule has 4 heteroatoms. The quantitative estimate of drug-likeness (QED) is 0.832. The van der Waals surface area contributed by atoms with Crippen LogP contribution in [-0.4, -0.2) is 28.7 Å². The summed E-state index contributed by atoms with van der Waals surface area (Å²) in [6.07, 6.45) is 4.20. The lowest BCUT2D eigenvalue weighted by atomic mass is 9.85. The molecule has 0 radical (unpaired) electrons. The van der Waals surface area contributed by atoms with Crippen LogP contribution >= 0.6 is 0 Å². The highest BCUT2D eigenvalue weighted by molar-refractivity contribution is 5.05. The highest BCUT2D eigenvalue weighted by Crippen LogP contribution is 2.27. The molecule has 0 saturated heterocycles. The fraction of sp³-hybridized carbons (Fsp3) is 0.812. The molecule has 0 aromatic carbocycles. The van der Waals surface area contributed by atoms with Crippen molar-refractivity contribution < 1.29 is 4.52 Å². The van der Waals surface area contributed by atoms with Gasteiger partial charge >= 0.3 is 0 Å². The Kier molecular flexibility index (Phi) is 5.22. The first-order valence-corrected chi connectivity index (χ1v) is 7.88. The first kappa shape index (κ1) is 15.5. The fourth-order valence-electron chi connectivity index (χ4n) is 2.44. The van der Waals surface area contributed by atoms with E-state index in [2.05, 4.69) is 49.1 Å².